The average molecular weight is 500 g/mol. The van der Waals surface area contributed by atoms with E-state index in [4.69, 9.17) is 0 Å². The minimum Gasteiger partial charge on any atom is -0.354 e. The molecule has 1 fully saturated rings. The first kappa shape index (κ1) is 26.9. The van der Waals surface area contributed by atoms with Gasteiger partial charge in [0.1, 0.15) is 4.75 Å². The van der Waals surface area contributed by atoms with Crippen molar-refractivity contribution in [3.63, 3.8) is 0 Å². The van der Waals surface area contributed by atoms with Crippen LogP contribution in [0.25, 0.3) is 0 Å². The van der Waals surface area contributed by atoms with E-state index in [1.165, 1.54) is 0 Å². The molecular formula is C27H37N3O4S. The summed E-state index contributed by atoms with van der Waals surface area (Å²) >= 11 is 0. The Labute approximate surface area is 209 Å². The predicted octanol–water partition coefficient (Wildman–Crippen LogP) is 2.83. The van der Waals surface area contributed by atoms with Gasteiger partial charge in [0.05, 0.1) is 6.54 Å². The van der Waals surface area contributed by atoms with E-state index >= 15 is 0 Å². The second kappa shape index (κ2) is 11.8. The number of hydrogen-bond acceptors (Lipinski definition) is 5. The zero-order valence-electron chi connectivity index (χ0n) is 20.9. The Morgan fingerprint density at radius 2 is 1.74 bits per heavy atom. The van der Waals surface area contributed by atoms with Crippen molar-refractivity contribution in [1.29, 1.82) is 0 Å². The number of carbonyl (C=O) groups is 2. The largest absolute Gasteiger partial charge is 0.354 e. The van der Waals surface area contributed by atoms with E-state index in [1.807, 2.05) is 62.4 Å². The molecular weight excluding hydrogens is 462 g/mol. The number of hydrogen-bond donors (Lipinski definition) is 2. The number of aryl methyl sites for hydroxylation is 1. The molecule has 7 nitrogen and oxygen atoms in total. The van der Waals surface area contributed by atoms with E-state index < -0.39 is 20.7 Å². The molecule has 0 saturated heterocycles. The summed E-state index contributed by atoms with van der Waals surface area (Å²) in [7, 11) is -2.10. The van der Waals surface area contributed by atoms with Crippen LogP contribution in [0.4, 0.5) is 0 Å². The van der Waals surface area contributed by atoms with Gasteiger partial charge >= 0.3 is 0 Å². The highest BCUT2D eigenvalue weighted by Crippen LogP contribution is 2.42. The van der Waals surface area contributed by atoms with E-state index in [9.17, 15) is 18.0 Å². The molecule has 1 unspecified atom stereocenters. The van der Waals surface area contributed by atoms with E-state index in [2.05, 4.69) is 16.1 Å². The number of likely N-dealkylation sites (N-methyl/N-ethyl adjacent to an activating group) is 1. The van der Waals surface area contributed by atoms with E-state index in [-0.39, 0.29) is 24.9 Å². The van der Waals surface area contributed by atoms with Crippen molar-refractivity contribution in [2.45, 2.75) is 50.7 Å². The molecule has 190 valence electrons. The van der Waals surface area contributed by atoms with Gasteiger partial charge in [0.15, 0.2) is 0 Å². The van der Waals surface area contributed by atoms with Gasteiger partial charge < -0.3 is 5.32 Å². The fourth-order valence-corrected chi connectivity index (χ4v) is 5.68. The highest BCUT2D eigenvalue weighted by Gasteiger charge is 2.55. The molecule has 3 rings (SSSR count). The number of carbonyl (C=O) groups excluding carboxylic acids is 2. The molecule has 1 saturated carbocycles. The van der Waals surface area contributed by atoms with Gasteiger partial charge in [0.25, 0.3) is 0 Å². The number of benzene rings is 2. The molecule has 0 spiro atoms. The third kappa shape index (κ3) is 7.64. The van der Waals surface area contributed by atoms with Crippen molar-refractivity contribution >= 4 is 21.8 Å². The van der Waals surface area contributed by atoms with Crippen LogP contribution in [-0.2, 0) is 32.5 Å². The third-order valence-corrected chi connectivity index (χ3v) is 8.87. The van der Waals surface area contributed by atoms with Gasteiger partial charge in [0, 0.05) is 19.0 Å². The maximum absolute atomic E-state index is 13.0. The lowest BCUT2D eigenvalue weighted by molar-refractivity contribution is -0.125. The van der Waals surface area contributed by atoms with E-state index in [0.717, 1.165) is 23.1 Å². The minimum absolute atomic E-state index is 0.0110. The van der Waals surface area contributed by atoms with E-state index in [1.54, 1.807) is 11.9 Å². The average Bonchev–Trinajstić information content (AvgIpc) is 3.62. The van der Waals surface area contributed by atoms with Crippen LogP contribution < -0.4 is 10.0 Å². The fourth-order valence-electron chi connectivity index (χ4n) is 4.20. The zero-order valence-corrected chi connectivity index (χ0v) is 21.7. The third-order valence-electron chi connectivity index (χ3n) is 6.68. The highest BCUT2D eigenvalue weighted by atomic mass is 32.2. The topological polar surface area (TPSA) is 95.6 Å². The molecule has 0 heterocycles. The Bertz CT molecular complexity index is 1110. The van der Waals surface area contributed by atoms with Gasteiger partial charge in [-0.1, -0.05) is 67.1 Å². The molecule has 2 amide bonds. The second-order valence-corrected chi connectivity index (χ2v) is 11.8. The fraction of sp³-hybridized carbons (Fsp3) is 0.481. The molecule has 1 aliphatic carbocycles. The Morgan fingerprint density at radius 1 is 1.06 bits per heavy atom. The van der Waals surface area contributed by atoms with Crippen LogP contribution in [0, 0.1) is 12.8 Å². The molecule has 0 bridgehead atoms. The number of rotatable bonds is 13. The monoisotopic (exact) mass is 499 g/mol. The van der Waals surface area contributed by atoms with Crippen LogP contribution >= 0.6 is 0 Å². The van der Waals surface area contributed by atoms with Gasteiger partial charge in [0.2, 0.25) is 21.8 Å². The Hall–Kier alpha value is -2.71. The summed E-state index contributed by atoms with van der Waals surface area (Å²) < 4.78 is 27.1. The molecule has 0 aliphatic heterocycles. The molecule has 1 aliphatic rings. The Kier molecular flexibility index (Phi) is 9.08. The van der Waals surface area contributed by atoms with Crippen LogP contribution in [-0.4, -0.2) is 56.6 Å². The van der Waals surface area contributed by atoms with E-state index in [0.29, 0.717) is 32.2 Å². The molecule has 8 heteroatoms. The van der Waals surface area contributed by atoms with Gasteiger partial charge in [-0.3, -0.25) is 19.2 Å². The highest BCUT2D eigenvalue weighted by molar-refractivity contribution is 7.91. The summed E-state index contributed by atoms with van der Waals surface area (Å²) in [5, 5.41) is 2.85. The number of nitrogens with zero attached hydrogens (tertiary/aromatic N) is 1. The van der Waals surface area contributed by atoms with Crippen LogP contribution in [0.1, 0.15) is 42.9 Å². The number of nitrogens with one attached hydrogen (secondary N) is 2. The first-order chi connectivity index (χ1) is 16.6. The van der Waals surface area contributed by atoms with Crippen LogP contribution in [0.5, 0.6) is 0 Å². The lowest BCUT2D eigenvalue weighted by Gasteiger charge is -2.21. The van der Waals surface area contributed by atoms with Gasteiger partial charge in [-0.15, -0.1) is 0 Å². The normalized spacial score (nSPS) is 15.4. The molecule has 2 aromatic carbocycles. The molecule has 1 atom stereocenters. The summed E-state index contributed by atoms with van der Waals surface area (Å²) in [6, 6.07) is 18.0. The minimum atomic E-state index is -3.89. The van der Waals surface area contributed by atoms with Crippen molar-refractivity contribution < 1.29 is 18.0 Å². The predicted molar refractivity (Wildman–Crippen MR) is 138 cm³/mol. The molecule has 35 heavy (non-hydrogen) atoms. The van der Waals surface area contributed by atoms with Crippen molar-refractivity contribution in [3.8, 4) is 0 Å². The lowest BCUT2D eigenvalue weighted by atomic mass is 9.95. The molecule has 2 N–H and O–H groups in total. The van der Waals surface area contributed by atoms with Crippen molar-refractivity contribution in [1.82, 2.24) is 14.9 Å². The Morgan fingerprint density at radius 3 is 2.37 bits per heavy atom. The van der Waals surface area contributed by atoms with Crippen molar-refractivity contribution in [2.75, 3.05) is 26.7 Å². The SMILES string of the molecule is CCC(Cc1cccc(C)c1)C(=O)NCC1(S(=O)(=O)NC(=O)CN(C)CCc2ccccc2)CC1. The smallest absolute Gasteiger partial charge is 0.247 e. The summed E-state index contributed by atoms with van der Waals surface area (Å²) in [5.74, 6) is -0.936. The van der Waals surface area contributed by atoms with Gasteiger partial charge in [-0.05, 0) is 57.2 Å². The first-order valence-electron chi connectivity index (χ1n) is 12.2. The summed E-state index contributed by atoms with van der Waals surface area (Å²) in [6.07, 6.45) is 2.89. The second-order valence-electron chi connectivity index (χ2n) is 9.70. The molecule has 0 radical (unpaired) electrons. The Balaban J connectivity index is 1.49. The van der Waals surface area contributed by atoms with Gasteiger partial charge in [-0.25, -0.2) is 8.42 Å². The standard InChI is InChI=1S/C27H37N3O4S/c1-4-24(18-23-12-8-9-21(2)17-23)26(32)28-20-27(14-15-27)35(33,34)29-25(31)19-30(3)16-13-22-10-6-5-7-11-22/h5-12,17,24H,4,13-16,18-20H2,1-3H3,(H,28,32)(H,29,31). The molecule has 2 aromatic rings. The number of sulfonamides is 1. The lowest BCUT2D eigenvalue weighted by Crippen LogP contribution is -2.49. The van der Waals surface area contributed by atoms with Crippen LogP contribution in [0.15, 0.2) is 54.6 Å². The maximum Gasteiger partial charge on any atom is 0.247 e. The summed E-state index contributed by atoms with van der Waals surface area (Å²) in [6.45, 7) is 4.61. The van der Waals surface area contributed by atoms with Gasteiger partial charge in [-0.2, -0.15) is 0 Å². The summed E-state index contributed by atoms with van der Waals surface area (Å²) in [5.41, 5.74) is 3.39. The molecule has 0 aromatic heterocycles. The van der Waals surface area contributed by atoms with Crippen LogP contribution in [0.2, 0.25) is 0 Å². The zero-order chi connectivity index (χ0) is 25.5. The maximum atomic E-state index is 13.0. The van der Waals surface area contributed by atoms with Crippen LogP contribution in [0.3, 0.4) is 0 Å². The summed E-state index contributed by atoms with van der Waals surface area (Å²) in [4.78, 5) is 27.1. The first-order valence-corrected chi connectivity index (χ1v) is 13.7. The number of amides is 2. The van der Waals surface area contributed by atoms with Crippen molar-refractivity contribution in [3.05, 3.63) is 71.3 Å². The quantitative estimate of drug-likeness (QED) is 0.442. The van der Waals surface area contributed by atoms with Crippen molar-refractivity contribution in [2.24, 2.45) is 5.92 Å².